The van der Waals surface area contributed by atoms with Crippen LogP contribution < -0.4 is 10.3 Å². The van der Waals surface area contributed by atoms with Gasteiger partial charge in [-0.15, -0.1) is 0 Å². The molecule has 0 aliphatic rings. The lowest BCUT2D eigenvalue weighted by atomic mass is 9.92. The van der Waals surface area contributed by atoms with Crippen molar-refractivity contribution < 1.29 is 4.79 Å². The Morgan fingerprint density at radius 2 is 1.93 bits per heavy atom. The van der Waals surface area contributed by atoms with E-state index in [1.165, 1.54) is 0 Å². The molecule has 28 heavy (non-hydrogen) atoms. The van der Waals surface area contributed by atoms with Crippen molar-refractivity contribution in [1.82, 2.24) is 9.66 Å². The molecule has 1 atom stereocenters. The Morgan fingerprint density at radius 1 is 1.14 bits per heavy atom. The maximum atomic E-state index is 13.2. The fraction of sp³-hybridized carbons (Fsp3) is 0.182. The monoisotopic (exact) mass is 390 g/mol. The minimum absolute atomic E-state index is 0.0491. The zero-order chi connectivity index (χ0) is 19.5. The molecule has 142 valence electrons. The molecule has 2 heterocycles. The average molecular weight is 391 g/mol. The molecule has 0 aliphatic heterocycles. The van der Waals surface area contributed by atoms with E-state index in [1.807, 2.05) is 55.9 Å². The van der Waals surface area contributed by atoms with Crippen molar-refractivity contribution >= 4 is 34.0 Å². The van der Waals surface area contributed by atoms with Crippen molar-refractivity contribution in [2.45, 2.75) is 12.3 Å². The molecule has 4 aromatic rings. The lowest BCUT2D eigenvalue weighted by molar-refractivity contribution is -0.118. The largest absolute Gasteiger partial charge is 0.378 e. The maximum Gasteiger partial charge on any atom is 0.246 e. The second kappa shape index (κ2) is 7.86. The number of para-hydroxylation sites is 2. The van der Waals surface area contributed by atoms with E-state index in [-0.39, 0.29) is 11.8 Å². The number of hydrogen-bond acceptors (Lipinski definition) is 4. The first kappa shape index (κ1) is 18.3. The van der Waals surface area contributed by atoms with Gasteiger partial charge < -0.3 is 4.90 Å². The van der Waals surface area contributed by atoms with Gasteiger partial charge in [0.15, 0.2) is 0 Å². The second-order valence-corrected chi connectivity index (χ2v) is 7.73. The molecule has 0 bridgehead atoms. The van der Waals surface area contributed by atoms with Crippen LogP contribution in [-0.2, 0) is 11.2 Å². The lowest BCUT2D eigenvalue weighted by Crippen LogP contribution is -2.29. The zero-order valence-electron chi connectivity index (χ0n) is 15.9. The molecule has 1 unspecified atom stereocenters. The normalized spacial score (nSPS) is 12.1. The van der Waals surface area contributed by atoms with Crippen molar-refractivity contribution in [2.75, 3.05) is 24.4 Å². The van der Waals surface area contributed by atoms with E-state index in [4.69, 9.17) is 0 Å². The van der Waals surface area contributed by atoms with Gasteiger partial charge in [-0.25, -0.2) is 9.66 Å². The number of rotatable bonds is 6. The summed E-state index contributed by atoms with van der Waals surface area (Å²) in [5, 5.41) is 4.14. The molecule has 6 heteroatoms. The number of amides is 1. The third kappa shape index (κ3) is 3.77. The third-order valence-electron chi connectivity index (χ3n) is 4.83. The van der Waals surface area contributed by atoms with Crippen LogP contribution in [0.5, 0.6) is 0 Å². The number of carbonyl (C=O) groups excluding carboxylic acids is 1. The van der Waals surface area contributed by atoms with Gasteiger partial charge in [-0.05, 0) is 58.6 Å². The van der Waals surface area contributed by atoms with Crippen LogP contribution >= 0.6 is 11.3 Å². The van der Waals surface area contributed by atoms with Gasteiger partial charge in [-0.2, -0.15) is 11.3 Å². The molecule has 1 N–H and O–H groups in total. The van der Waals surface area contributed by atoms with Crippen LogP contribution in [0.2, 0.25) is 0 Å². The van der Waals surface area contributed by atoms with Crippen LogP contribution in [0.1, 0.15) is 17.0 Å². The number of carbonyl (C=O) groups is 1. The van der Waals surface area contributed by atoms with Gasteiger partial charge in [-0.3, -0.25) is 10.2 Å². The summed E-state index contributed by atoms with van der Waals surface area (Å²) in [6.07, 6.45) is 2.31. The van der Waals surface area contributed by atoms with Gasteiger partial charge in [-0.1, -0.05) is 24.3 Å². The molecule has 4 rings (SSSR count). The molecule has 2 aromatic carbocycles. The fourth-order valence-corrected chi connectivity index (χ4v) is 3.94. The number of aromatic nitrogens is 2. The number of thiophene rings is 1. The summed E-state index contributed by atoms with van der Waals surface area (Å²) in [4.78, 5) is 19.6. The molecule has 0 spiro atoms. The Bertz CT molecular complexity index is 1070. The Balaban J connectivity index is 1.63. The molecule has 0 saturated heterocycles. The summed E-state index contributed by atoms with van der Waals surface area (Å²) in [6.45, 7) is 0. The van der Waals surface area contributed by atoms with Crippen molar-refractivity contribution in [3.63, 3.8) is 0 Å². The zero-order valence-corrected chi connectivity index (χ0v) is 16.7. The summed E-state index contributed by atoms with van der Waals surface area (Å²) < 4.78 is 1.70. The minimum Gasteiger partial charge on any atom is -0.378 e. The standard InChI is InChI=1S/C22H22N4OS/c1-25(2)18-9-7-17(8-10-18)19(13-16-11-12-28-14-16)22(27)24-26-15-23-20-5-3-4-6-21(20)26/h3-12,14-15,19H,13H2,1-2H3,(H,24,27). The first-order valence-corrected chi connectivity index (χ1v) is 10.1. The predicted octanol–water partition coefficient (Wildman–Crippen LogP) is 4.26. The highest BCUT2D eigenvalue weighted by atomic mass is 32.1. The number of imidazole rings is 1. The predicted molar refractivity (Wildman–Crippen MR) is 116 cm³/mol. The van der Waals surface area contributed by atoms with Crippen molar-refractivity contribution in [3.05, 3.63) is 82.8 Å². The Kier molecular flexibility index (Phi) is 5.12. The summed E-state index contributed by atoms with van der Waals surface area (Å²) >= 11 is 1.65. The smallest absolute Gasteiger partial charge is 0.246 e. The van der Waals surface area contributed by atoms with Crippen molar-refractivity contribution in [1.29, 1.82) is 0 Å². The number of nitrogens with one attached hydrogen (secondary N) is 1. The topological polar surface area (TPSA) is 50.2 Å². The third-order valence-corrected chi connectivity index (χ3v) is 5.56. The van der Waals surface area contributed by atoms with Gasteiger partial charge in [0.1, 0.15) is 6.33 Å². The van der Waals surface area contributed by atoms with Gasteiger partial charge in [0, 0.05) is 19.8 Å². The number of benzene rings is 2. The van der Waals surface area contributed by atoms with E-state index in [1.54, 1.807) is 22.3 Å². The summed E-state index contributed by atoms with van der Waals surface area (Å²) in [6, 6.07) is 18.0. The minimum atomic E-state index is -0.285. The molecule has 2 aromatic heterocycles. The van der Waals surface area contributed by atoms with Crippen molar-refractivity contribution in [3.8, 4) is 0 Å². The average Bonchev–Trinajstić information content (AvgIpc) is 3.36. The van der Waals surface area contributed by atoms with Gasteiger partial charge in [0.2, 0.25) is 5.91 Å². The van der Waals surface area contributed by atoms with E-state index in [0.717, 1.165) is 27.8 Å². The number of hydrogen-bond donors (Lipinski definition) is 1. The summed E-state index contributed by atoms with van der Waals surface area (Å²) in [5.74, 6) is -0.334. The molecule has 1 amide bonds. The molecule has 0 saturated carbocycles. The molecule has 0 radical (unpaired) electrons. The van der Waals surface area contributed by atoms with Crippen LogP contribution in [0.3, 0.4) is 0 Å². The summed E-state index contributed by atoms with van der Waals surface area (Å²) in [5.41, 5.74) is 8.03. The Morgan fingerprint density at radius 3 is 2.64 bits per heavy atom. The van der Waals surface area contributed by atoms with Crippen LogP contribution in [0.15, 0.2) is 71.7 Å². The van der Waals surface area contributed by atoms with E-state index in [0.29, 0.717) is 6.42 Å². The van der Waals surface area contributed by atoms with Crippen molar-refractivity contribution in [2.24, 2.45) is 0 Å². The number of nitrogens with zero attached hydrogens (tertiary/aromatic N) is 3. The van der Waals surface area contributed by atoms with Crippen LogP contribution in [0.4, 0.5) is 5.69 Å². The lowest BCUT2D eigenvalue weighted by Gasteiger charge is -2.19. The number of fused-ring (bicyclic) bond motifs is 1. The first-order chi connectivity index (χ1) is 13.6. The van der Waals surface area contributed by atoms with E-state index in [2.05, 4.69) is 38.9 Å². The quantitative estimate of drug-likeness (QED) is 0.535. The van der Waals surface area contributed by atoms with Crippen LogP contribution in [0, 0.1) is 0 Å². The maximum absolute atomic E-state index is 13.2. The molecule has 0 fully saturated rings. The van der Waals surface area contributed by atoms with Gasteiger partial charge in [0.25, 0.3) is 0 Å². The highest BCUT2D eigenvalue weighted by molar-refractivity contribution is 7.07. The highest BCUT2D eigenvalue weighted by Gasteiger charge is 2.22. The Labute approximate surface area is 168 Å². The summed E-state index contributed by atoms with van der Waals surface area (Å²) in [7, 11) is 4.02. The molecule has 5 nitrogen and oxygen atoms in total. The van der Waals surface area contributed by atoms with Crippen LogP contribution in [0.25, 0.3) is 11.0 Å². The van der Waals surface area contributed by atoms with Gasteiger partial charge >= 0.3 is 0 Å². The first-order valence-electron chi connectivity index (χ1n) is 9.13. The second-order valence-electron chi connectivity index (χ2n) is 6.95. The fourth-order valence-electron chi connectivity index (χ4n) is 3.26. The van der Waals surface area contributed by atoms with Crippen LogP contribution in [-0.4, -0.2) is 29.7 Å². The van der Waals surface area contributed by atoms with E-state index < -0.39 is 0 Å². The molecular weight excluding hydrogens is 368 g/mol. The molecular formula is C22H22N4OS. The van der Waals surface area contributed by atoms with E-state index in [9.17, 15) is 4.79 Å². The van der Waals surface area contributed by atoms with E-state index >= 15 is 0 Å². The SMILES string of the molecule is CN(C)c1ccc(C(Cc2ccsc2)C(=O)Nn2cnc3ccccc32)cc1. The molecule has 0 aliphatic carbocycles. The highest BCUT2D eigenvalue weighted by Crippen LogP contribution is 2.25. The Hall–Kier alpha value is -3.12. The number of anilines is 1. The van der Waals surface area contributed by atoms with Gasteiger partial charge in [0.05, 0.1) is 17.0 Å².